The van der Waals surface area contributed by atoms with Gasteiger partial charge in [-0.1, -0.05) is 17.2 Å². The van der Waals surface area contributed by atoms with Crippen LogP contribution in [-0.4, -0.2) is 23.3 Å². The Balaban J connectivity index is 2.40. The van der Waals surface area contributed by atoms with Gasteiger partial charge in [-0.3, -0.25) is 5.10 Å². The Bertz CT molecular complexity index is 538. The van der Waals surface area contributed by atoms with Gasteiger partial charge in [-0.2, -0.15) is 5.10 Å². The molecule has 88 valence electrons. The molecule has 2 rings (SSSR count). The highest BCUT2D eigenvalue weighted by Crippen LogP contribution is 2.21. The molecule has 0 saturated carbocycles. The molecule has 0 aliphatic rings. The van der Waals surface area contributed by atoms with E-state index in [1.165, 1.54) is 18.2 Å². The number of nitrogens with zero attached hydrogens (tertiary/aromatic N) is 1. The minimum absolute atomic E-state index is 0.363. The molecule has 17 heavy (non-hydrogen) atoms. The molecule has 0 fully saturated rings. The predicted molar refractivity (Wildman–Crippen MR) is 64.8 cm³/mol. The number of rotatable bonds is 2. The normalized spacial score (nSPS) is 10.3. The first-order chi connectivity index (χ1) is 8.10. The quantitative estimate of drug-likeness (QED) is 0.806. The molecule has 0 spiro atoms. The minimum atomic E-state index is -0.409. The first kappa shape index (κ1) is 11.4. The number of benzene rings is 1. The lowest BCUT2D eigenvalue weighted by Gasteiger charge is -2.01. The van der Waals surface area contributed by atoms with Gasteiger partial charge in [0.05, 0.1) is 12.8 Å². The van der Waals surface area contributed by atoms with Crippen molar-refractivity contribution < 1.29 is 9.53 Å². The molecule has 0 saturated heterocycles. The number of hydrogen-bond acceptors (Lipinski definition) is 3. The van der Waals surface area contributed by atoms with Gasteiger partial charge in [0.1, 0.15) is 5.69 Å². The third kappa shape index (κ3) is 2.36. The molecular weight excluding hydrogens is 216 g/mol. The largest absolute Gasteiger partial charge is 0.464 e. The third-order valence-corrected chi connectivity index (χ3v) is 2.50. The Kier molecular flexibility index (Phi) is 2.95. The van der Waals surface area contributed by atoms with Gasteiger partial charge in [-0.15, -0.1) is 0 Å². The van der Waals surface area contributed by atoms with E-state index in [4.69, 9.17) is 0 Å². The van der Waals surface area contributed by atoms with E-state index >= 15 is 0 Å². The van der Waals surface area contributed by atoms with Gasteiger partial charge in [-0.05, 0) is 32.0 Å². The molecule has 0 radical (unpaired) electrons. The van der Waals surface area contributed by atoms with Crippen LogP contribution in [0.5, 0.6) is 0 Å². The van der Waals surface area contributed by atoms with Crippen LogP contribution >= 0.6 is 0 Å². The van der Waals surface area contributed by atoms with Crippen molar-refractivity contribution in [1.29, 1.82) is 0 Å². The Labute approximate surface area is 99.6 Å². The summed E-state index contributed by atoms with van der Waals surface area (Å²) in [5.74, 6) is -0.409. The Hall–Kier alpha value is -2.10. The van der Waals surface area contributed by atoms with Crippen LogP contribution in [0, 0.1) is 13.8 Å². The highest BCUT2D eigenvalue weighted by atomic mass is 16.5. The molecule has 0 amide bonds. The molecule has 0 aliphatic heterocycles. The Morgan fingerprint density at radius 1 is 1.18 bits per heavy atom. The molecule has 4 heteroatoms. The average molecular weight is 230 g/mol. The molecule has 0 bridgehead atoms. The molecule has 0 aliphatic carbocycles. The number of hydrogen-bond donors (Lipinski definition) is 1. The average Bonchev–Trinajstić information content (AvgIpc) is 2.76. The van der Waals surface area contributed by atoms with E-state index in [-0.39, 0.29) is 0 Å². The number of H-pyrrole nitrogens is 1. The molecule has 2 aromatic rings. The number of aromatic amines is 1. The summed E-state index contributed by atoms with van der Waals surface area (Å²) in [6.07, 6.45) is 0. The standard InChI is InChI=1S/C13H14N2O2/c1-8-4-9(2)6-10(5-8)11-7-12(15-14-11)13(16)17-3/h4-7H,1-3H3,(H,14,15). The van der Waals surface area contributed by atoms with Crippen LogP contribution in [-0.2, 0) is 4.74 Å². The molecule has 0 unspecified atom stereocenters. The summed E-state index contributed by atoms with van der Waals surface area (Å²) in [6.45, 7) is 4.06. The molecule has 1 N–H and O–H groups in total. The van der Waals surface area contributed by atoms with Crippen molar-refractivity contribution in [1.82, 2.24) is 10.2 Å². The predicted octanol–water partition coefficient (Wildman–Crippen LogP) is 2.48. The maximum atomic E-state index is 11.3. The third-order valence-electron chi connectivity index (χ3n) is 2.50. The second-order valence-electron chi connectivity index (χ2n) is 4.03. The lowest BCUT2D eigenvalue weighted by atomic mass is 10.1. The van der Waals surface area contributed by atoms with Gasteiger partial charge in [0.2, 0.25) is 0 Å². The summed E-state index contributed by atoms with van der Waals surface area (Å²) >= 11 is 0. The van der Waals surface area contributed by atoms with Crippen molar-refractivity contribution in [2.45, 2.75) is 13.8 Å². The second kappa shape index (κ2) is 4.41. The van der Waals surface area contributed by atoms with Crippen molar-refractivity contribution in [3.8, 4) is 11.3 Å². The van der Waals surface area contributed by atoms with E-state index in [9.17, 15) is 4.79 Å². The van der Waals surface area contributed by atoms with Crippen LogP contribution < -0.4 is 0 Å². The Morgan fingerprint density at radius 2 is 1.82 bits per heavy atom. The van der Waals surface area contributed by atoms with Crippen molar-refractivity contribution in [3.63, 3.8) is 0 Å². The van der Waals surface area contributed by atoms with Crippen LogP contribution in [0.4, 0.5) is 0 Å². The second-order valence-corrected chi connectivity index (χ2v) is 4.03. The fourth-order valence-corrected chi connectivity index (χ4v) is 1.81. The topological polar surface area (TPSA) is 55.0 Å². The number of esters is 1. The van der Waals surface area contributed by atoms with E-state index in [0.29, 0.717) is 5.69 Å². The van der Waals surface area contributed by atoms with Crippen LogP contribution in [0.2, 0.25) is 0 Å². The SMILES string of the molecule is COC(=O)c1cc(-c2cc(C)cc(C)c2)n[nH]1. The van der Waals surface area contributed by atoms with Crippen LogP contribution in [0.15, 0.2) is 24.3 Å². The zero-order chi connectivity index (χ0) is 12.4. The smallest absolute Gasteiger partial charge is 0.356 e. The van der Waals surface area contributed by atoms with Crippen molar-refractivity contribution in [3.05, 3.63) is 41.1 Å². The maximum Gasteiger partial charge on any atom is 0.356 e. The lowest BCUT2D eigenvalue weighted by molar-refractivity contribution is 0.0594. The lowest BCUT2D eigenvalue weighted by Crippen LogP contribution is -2.00. The molecule has 0 atom stereocenters. The van der Waals surface area contributed by atoms with Crippen LogP contribution in [0.3, 0.4) is 0 Å². The summed E-state index contributed by atoms with van der Waals surface area (Å²) < 4.78 is 4.62. The number of methoxy groups -OCH3 is 1. The summed E-state index contributed by atoms with van der Waals surface area (Å²) in [5, 5.41) is 6.78. The summed E-state index contributed by atoms with van der Waals surface area (Å²) in [6, 6.07) is 7.85. The molecular formula is C13H14N2O2. The fourth-order valence-electron chi connectivity index (χ4n) is 1.81. The first-order valence-electron chi connectivity index (χ1n) is 5.32. The Morgan fingerprint density at radius 3 is 2.41 bits per heavy atom. The van der Waals surface area contributed by atoms with Gasteiger partial charge in [0, 0.05) is 5.56 Å². The molecule has 1 aromatic heterocycles. The van der Waals surface area contributed by atoms with Crippen molar-refractivity contribution in [2.75, 3.05) is 7.11 Å². The van der Waals surface area contributed by atoms with Crippen molar-refractivity contribution >= 4 is 5.97 Å². The van der Waals surface area contributed by atoms with Crippen LogP contribution in [0.25, 0.3) is 11.3 Å². The van der Waals surface area contributed by atoms with E-state index in [1.54, 1.807) is 6.07 Å². The van der Waals surface area contributed by atoms with Gasteiger partial charge in [0.15, 0.2) is 0 Å². The molecule has 1 heterocycles. The fraction of sp³-hybridized carbons (Fsp3) is 0.231. The highest BCUT2D eigenvalue weighted by Gasteiger charge is 2.11. The highest BCUT2D eigenvalue weighted by molar-refractivity contribution is 5.88. The van der Waals surface area contributed by atoms with E-state index < -0.39 is 5.97 Å². The van der Waals surface area contributed by atoms with Gasteiger partial charge >= 0.3 is 5.97 Å². The number of carbonyl (C=O) groups is 1. The minimum Gasteiger partial charge on any atom is -0.464 e. The number of carbonyl (C=O) groups excluding carboxylic acids is 1. The number of ether oxygens (including phenoxy) is 1. The monoisotopic (exact) mass is 230 g/mol. The van der Waals surface area contributed by atoms with Gasteiger partial charge in [-0.25, -0.2) is 4.79 Å². The first-order valence-corrected chi connectivity index (χ1v) is 5.32. The molecule has 1 aromatic carbocycles. The van der Waals surface area contributed by atoms with Crippen molar-refractivity contribution in [2.24, 2.45) is 0 Å². The summed E-state index contributed by atoms with van der Waals surface area (Å²) in [7, 11) is 1.35. The maximum absolute atomic E-state index is 11.3. The number of aromatic nitrogens is 2. The van der Waals surface area contributed by atoms with Gasteiger partial charge in [0.25, 0.3) is 0 Å². The zero-order valence-electron chi connectivity index (χ0n) is 10.1. The van der Waals surface area contributed by atoms with Gasteiger partial charge < -0.3 is 4.74 Å². The zero-order valence-corrected chi connectivity index (χ0v) is 10.1. The number of aryl methyl sites for hydroxylation is 2. The summed E-state index contributed by atoms with van der Waals surface area (Å²) in [5.41, 5.74) is 4.44. The van der Waals surface area contributed by atoms with E-state index in [2.05, 4.69) is 21.0 Å². The number of nitrogens with one attached hydrogen (secondary N) is 1. The summed E-state index contributed by atoms with van der Waals surface area (Å²) in [4.78, 5) is 11.3. The van der Waals surface area contributed by atoms with E-state index in [0.717, 1.165) is 11.3 Å². The van der Waals surface area contributed by atoms with E-state index in [1.807, 2.05) is 26.0 Å². The van der Waals surface area contributed by atoms with Crippen LogP contribution in [0.1, 0.15) is 21.6 Å². The molecule has 4 nitrogen and oxygen atoms in total.